The highest BCUT2D eigenvalue weighted by Gasteiger charge is 2.14. The van der Waals surface area contributed by atoms with Gasteiger partial charge in [0.25, 0.3) is 0 Å². The van der Waals surface area contributed by atoms with E-state index in [4.69, 9.17) is 0 Å². The first-order valence-electron chi connectivity index (χ1n) is 6.28. The van der Waals surface area contributed by atoms with E-state index in [0.717, 1.165) is 0 Å². The number of carbonyl (C=O) groups excluding carboxylic acids is 1. The van der Waals surface area contributed by atoms with Crippen LogP contribution in [-0.2, 0) is 0 Å². The van der Waals surface area contributed by atoms with E-state index < -0.39 is 0 Å². The Hall–Kier alpha value is -2.89. The summed E-state index contributed by atoms with van der Waals surface area (Å²) in [4.78, 5) is 19.4. The first kappa shape index (κ1) is 13.1. The number of aromatic nitrogens is 4. The minimum Gasteiger partial charge on any atom is -0.298 e. The smallest absolute Gasteiger partial charge is 0.250 e. The summed E-state index contributed by atoms with van der Waals surface area (Å²) in [6.45, 7) is 1.77. The molecule has 2 aromatic heterocycles. The molecule has 3 aromatic rings. The molecule has 3 rings (SSSR count). The lowest BCUT2D eigenvalue weighted by atomic mass is 10.0. The molecule has 0 aliphatic carbocycles. The summed E-state index contributed by atoms with van der Waals surface area (Å²) >= 11 is 0. The van der Waals surface area contributed by atoms with Crippen LogP contribution in [0.3, 0.4) is 0 Å². The normalized spacial score (nSPS) is 10.6. The molecule has 0 fully saturated rings. The molecular weight excluding hydrogens is 271 g/mol. The zero-order chi connectivity index (χ0) is 14.8. The minimum absolute atomic E-state index is 0.324. The quantitative estimate of drug-likeness (QED) is 0.693. The zero-order valence-electron chi connectivity index (χ0n) is 11.2. The lowest BCUT2D eigenvalue weighted by molar-refractivity contribution is 0.112. The van der Waals surface area contributed by atoms with E-state index in [1.54, 1.807) is 37.6 Å². The maximum atomic E-state index is 13.2. The molecular formula is C15H11FN4O. The molecule has 2 heterocycles. The van der Waals surface area contributed by atoms with Gasteiger partial charge in [0.1, 0.15) is 11.5 Å². The Morgan fingerprint density at radius 3 is 2.67 bits per heavy atom. The standard InChI is InChI=1S/C15H11FN4O/c1-10-7-12(16)3-4-13(10)14-11(9-21)8-20(19-14)15-17-5-2-6-18-15/h2-9H,1H3. The summed E-state index contributed by atoms with van der Waals surface area (Å²) in [5.74, 6) is 0.0429. The molecule has 0 amide bonds. The van der Waals surface area contributed by atoms with Crippen molar-refractivity contribution in [3.8, 4) is 17.2 Å². The number of carbonyl (C=O) groups is 1. The van der Waals surface area contributed by atoms with Crippen molar-refractivity contribution in [2.24, 2.45) is 0 Å². The number of aryl methyl sites for hydroxylation is 1. The topological polar surface area (TPSA) is 60.7 Å². The molecule has 0 aliphatic rings. The van der Waals surface area contributed by atoms with E-state index in [9.17, 15) is 9.18 Å². The Labute approximate surface area is 120 Å². The van der Waals surface area contributed by atoms with Crippen molar-refractivity contribution in [2.45, 2.75) is 6.92 Å². The van der Waals surface area contributed by atoms with Crippen LogP contribution in [-0.4, -0.2) is 26.0 Å². The summed E-state index contributed by atoms with van der Waals surface area (Å²) in [5.41, 5.74) is 2.29. The number of rotatable bonds is 3. The van der Waals surface area contributed by atoms with Gasteiger partial charge in [-0.2, -0.15) is 5.10 Å². The van der Waals surface area contributed by atoms with Crippen molar-refractivity contribution in [1.29, 1.82) is 0 Å². The van der Waals surface area contributed by atoms with Crippen molar-refractivity contribution in [2.75, 3.05) is 0 Å². The van der Waals surface area contributed by atoms with E-state index in [1.807, 2.05) is 0 Å². The van der Waals surface area contributed by atoms with Gasteiger partial charge in [-0.05, 0) is 36.8 Å². The zero-order valence-corrected chi connectivity index (χ0v) is 11.2. The van der Waals surface area contributed by atoms with Crippen molar-refractivity contribution in [3.63, 3.8) is 0 Å². The SMILES string of the molecule is Cc1cc(F)ccc1-c1nn(-c2ncccn2)cc1C=O. The number of hydrogen-bond acceptors (Lipinski definition) is 4. The predicted octanol–water partition coefficient (Wildman–Crippen LogP) is 2.59. The minimum atomic E-state index is -0.324. The molecule has 0 radical (unpaired) electrons. The highest BCUT2D eigenvalue weighted by Crippen LogP contribution is 2.25. The van der Waals surface area contributed by atoms with Gasteiger partial charge >= 0.3 is 0 Å². The van der Waals surface area contributed by atoms with E-state index >= 15 is 0 Å². The molecule has 0 saturated heterocycles. The predicted molar refractivity (Wildman–Crippen MR) is 74.7 cm³/mol. The highest BCUT2D eigenvalue weighted by molar-refractivity contribution is 5.86. The van der Waals surface area contributed by atoms with Crippen molar-refractivity contribution >= 4 is 6.29 Å². The first-order chi connectivity index (χ1) is 10.2. The largest absolute Gasteiger partial charge is 0.298 e. The summed E-state index contributed by atoms with van der Waals surface area (Å²) in [5, 5.41) is 4.35. The molecule has 0 saturated carbocycles. The Bertz CT molecular complexity index is 799. The molecule has 0 bridgehead atoms. The Balaban J connectivity index is 2.15. The Morgan fingerprint density at radius 2 is 2.00 bits per heavy atom. The lowest BCUT2D eigenvalue weighted by Gasteiger charge is -2.03. The van der Waals surface area contributed by atoms with Crippen LogP contribution in [0.15, 0.2) is 42.9 Å². The number of nitrogens with zero attached hydrogens (tertiary/aromatic N) is 4. The molecule has 0 atom stereocenters. The number of benzene rings is 1. The average molecular weight is 282 g/mol. The highest BCUT2D eigenvalue weighted by atomic mass is 19.1. The van der Waals surface area contributed by atoms with Crippen LogP contribution < -0.4 is 0 Å². The third kappa shape index (κ3) is 2.43. The fourth-order valence-electron chi connectivity index (χ4n) is 2.09. The first-order valence-corrected chi connectivity index (χ1v) is 6.28. The number of aldehydes is 1. The van der Waals surface area contributed by atoms with E-state index in [1.165, 1.54) is 16.8 Å². The third-order valence-electron chi connectivity index (χ3n) is 3.07. The van der Waals surface area contributed by atoms with Gasteiger partial charge in [-0.15, -0.1) is 0 Å². The van der Waals surface area contributed by atoms with Crippen LogP contribution >= 0.6 is 0 Å². The van der Waals surface area contributed by atoms with Crippen LogP contribution in [0.2, 0.25) is 0 Å². The van der Waals surface area contributed by atoms with Crippen LogP contribution in [0.25, 0.3) is 17.2 Å². The van der Waals surface area contributed by atoms with Gasteiger partial charge in [0.15, 0.2) is 6.29 Å². The second-order valence-electron chi connectivity index (χ2n) is 4.50. The van der Waals surface area contributed by atoms with Crippen LogP contribution in [0.4, 0.5) is 4.39 Å². The fourth-order valence-corrected chi connectivity index (χ4v) is 2.09. The molecule has 21 heavy (non-hydrogen) atoms. The maximum absolute atomic E-state index is 13.2. The molecule has 0 N–H and O–H groups in total. The second kappa shape index (κ2) is 5.24. The second-order valence-corrected chi connectivity index (χ2v) is 4.50. The van der Waals surface area contributed by atoms with Crippen LogP contribution in [0.1, 0.15) is 15.9 Å². The summed E-state index contributed by atoms with van der Waals surface area (Å²) < 4.78 is 14.6. The van der Waals surface area contributed by atoms with Gasteiger partial charge in [0.2, 0.25) is 5.95 Å². The molecule has 5 nitrogen and oxygen atoms in total. The van der Waals surface area contributed by atoms with Crippen molar-refractivity contribution in [1.82, 2.24) is 19.7 Å². The van der Waals surface area contributed by atoms with Crippen LogP contribution in [0, 0.1) is 12.7 Å². The van der Waals surface area contributed by atoms with Crippen molar-refractivity contribution in [3.05, 3.63) is 59.8 Å². The van der Waals surface area contributed by atoms with Gasteiger partial charge in [-0.25, -0.2) is 19.0 Å². The molecule has 104 valence electrons. The summed E-state index contributed by atoms with van der Waals surface area (Å²) in [6, 6.07) is 6.05. The number of halogens is 1. The molecule has 0 unspecified atom stereocenters. The van der Waals surface area contributed by atoms with E-state index in [-0.39, 0.29) is 5.82 Å². The molecule has 1 aromatic carbocycles. The van der Waals surface area contributed by atoms with E-state index in [0.29, 0.717) is 34.6 Å². The Morgan fingerprint density at radius 1 is 1.24 bits per heavy atom. The third-order valence-corrected chi connectivity index (χ3v) is 3.07. The average Bonchev–Trinajstić information content (AvgIpc) is 2.92. The summed E-state index contributed by atoms with van der Waals surface area (Å²) in [7, 11) is 0. The maximum Gasteiger partial charge on any atom is 0.250 e. The van der Waals surface area contributed by atoms with Gasteiger partial charge < -0.3 is 0 Å². The van der Waals surface area contributed by atoms with Gasteiger partial charge in [-0.3, -0.25) is 4.79 Å². The van der Waals surface area contributed by atoms with E-state index in [2.05, 4.69) is 15.1 Å². The van der Waals surface area contributed by atoms with Gasteiger partial charge in [0.05, 0.1) is 5.56 Å². The molecule has 0 aliphatic heterocycles. The number of hydrogen-bond donors (Lipinski definition) is 0. The summed E-state index contributed by atoms with van der Waals surface area (Å²) in [6.07, 6.45) is 5.45. The van der Waals surface area contributed by atoms with Crippen molar-refractivity contribution < 1.29 is 9.18 Å². The molecule has 6 heteroatoms. The van der Waals surface area contributed by atoms with Gasteiger partial charge in [0, 0.05) is 24.2 Å². The van der Waals surface area contributed by atoms with Gasteiger partial charge in [-0.1, -0.05) is 0 Å². The monoisotopic (exact) mass is 282 g/mol. The molecule has 0 spiro atoms. The van der Waals surface area contributed by atoms with Crippen LogP contribution in [0.5, 0.6) is 0 Å². The fraction of sp³-hybridized carbons (Fsp3) is 0.0667. The Kier molecular flexibility index (Phi) is 3.27. The lowest BCUT2D eigenvalue weighted by Crippen LogP contribution is -2.00.